The maximum atomic E-state index is 11.7. The van der Waals surface area contributed by atoms with Gasteiger partial charge in [-0.25, -0.2) is 0 Å². The molecule has 1 fully saturated rings. The predicted octanol–water partition coefficient (Wildman–Crippen LogP) is 1.03. The highest BCUT2D eigenvalue weighted by Crippen LogP contribution is 2.23. The van der Waals surface area contributed by atoms with Gasteiger partial charge in [-0.2, -0.15) is 0 Å². The number of hydrogen-bond donors (Lipinski definition) is 2. The molecule has 1 rings (SSSR count). The number of hydrogen-bond acceptors (Lipinski definition) is 2. The maximum Gasteiger partial charge on any atom is 0.225 e. The molecule has 0 atom stereocenters. The van der Waals surface area contributed by atoms with E-state index in [0.717, 1.165) is 19.3 Å². The van der Waals surface area contributed by atoms with Crippen molar-refractivity contribution < 1.29 is 4.79 Å². The highest BCUT2D eigenvalue weighted by atomic mass is 16.2. The van der Waals surface area contributed by atoms with E-state index in [4.69, 9.17) is 5.73 Å². The molecule has 1 amide bonds. The van der Waals surface area contributed by atoms with Gasteiger partial charge in [0.1, 0.15) is 0 Å². The lowest BCUT2D eigenvalue weighted by Gasteiger charge is -2.35. The molecule has 76 valence electrons. The van der Waals surface area contributed by atoms with Gasteiger partial charge in [0.15, 0.2) is 0 Å². The minimum Gasteiger partial charge on any atom is -0.353 e. The Hall–Kier alpha value is -0.570. The van der Waals surface area contributed by atoms with Crippen molar-refractivity contribution in [2.75, 3.05) is 0 Å². The smallest absolute Gasteiger partial charge is 0.225 e. The van der Waals surface area contributed by atoms with Crippen LogP contribution in [0.3, 0.4) is 0 Å². The molecule has 3 heteroatoms. The molecule has 0 spiro atoms. The van der Waals surface area contributed by atoms with Crippen LogP contribution in [0.1, 0.15) is 40.0 Å². The molecule has 3 nitrogen and oxygen atoms in total. The summed E-state index contributed by atoms with van der Waals surface area (Å²) < 4.78 is 0. The first kappa shape index (κ1) is 10.5. The summed E-state index contributed by atoms with van der Waals surface area (Å²) in [7, 11) is 0. The molecule has 0 unspecified atom stereocenters. The van der Waals surface area contributed by atoms with Crippen LogP contribution in [0.15, 0.2) is 0 Å². The molecule has 0 radical (unpaired) electrons. The lowest BCUT2D eigenvalue weighted by molar-refractivity contribution is -0.130. The summed E-state index contributed by atoms with van der Waals surface area (Å²) in [5.41, 5.74) is 5.40. The maximum absolute atomic E-state index is 11.7. The summed E-state index contributed by atoms with van der Waals surface area (Å²) in [4.78, 5) is 11.7. The van der Waals surface area contributed by atoms with Gasteiger partial charge in [0.05, 0.1) is 0 Å². The summed E-state index contributed by atoms with van der Waals surface area (Å²) in [6, 6.07) is 0.628. The zero-order valence-corrected chi connectivity index (χ0v) is 8.76. The Balaban J connectivity index is 2.33. The highest BCUT2D eigenvalue weighted by Gasteiger charge is 2.32. The van der Waals surface area contributed by atoms with Crippen molar-refractivity contribution in [2.45, 2.75) is 52.1 Å². The van der Waals surface area contributed by atoms with Crippen LogP contribution in [0, 0.1) is 5.41 Å². The number of nitrogens with one attached hydrogen (secondary N) is 1. The van der Waals surface area contributed by atoms with Gasteiger partial charge in [0.25, 0.3) is 0 Å². The Labute approximate surface area is 80.1 Å². The topological polar surface area (TPSA) is 55.1 Å². The van der Waals surface area contributed by atoms with Crippen LogP contribution in [0.2, 0.25) is 0 Å². The van der Waals surface area contributed by atoms with Gasteiger partial charge in [0.2, 0.25) is 5.91 Å². The first-order chi connectivity index (χ1) is 5.95. The van der Waals surface area contributed by atoms with Crippen molar-refractivity contribution in [3.8, 4) is 0 Å². The molecule has 0 bridgehead atoms. The molecule has 13 heavy (non-hydrogen) atoms. The summed E-state index contributed by atoms with van der Waals surface area (Å²) in [5, 5.41) is 3.02. The van der Waals surface area contributed by atoms with Gasteiger partial charge in [-0.1, -0.05) is 20.8 Å². The van der Waals surface area contributed by atoms with E-state index in [1.54, 1.807) is 0 Å². The second-order valence-corrected chi connectivity index (χ2v) is 4.64. The van der Waals surface area contributed by atoms with Gasteiger partial charge in [-0.3, -0.25) is 4.79 Å². The fourth-order valence-corrected chi connectivity index (χ4v) is 1.32. The third-order valence-corrected chi connectivity index (χ3v) is 3.01. The molecule has 3 N–H and O–H groups in total. The Morgan fingerprint density at radius 2 is 2.08 bits per heavy atom. The molecule has 0 aromatic carbocycles. The molecule has 0 aromatic heterocycles. The second kappa shape index (κ2) is 3.66. The summed E-state index contributed by atoms with van der Waals surface area (Å²) in [6.07, 6.45) is 2.74. The van der Waals surface area contributed by atoms with Crippen LogP contribution in [-0.2, 0) is 4.79 Å². The molecular weight excluding hydrogens is 164 g/mol. The molecule has 1 aliphatic rings. The molecule has 1 saturated carbocycles. The van der Waals surface area contributed by atoms with E-state index in [1.807, 2.05) is 20.8 Å². The first-order valence-electron chi connectivity index (χ1n) is 5.02. The number of carbonyl (C=O) groups excluding carboxylic acids is 1. The first-order valence-corrected chi connectivity index (χ1v) is 5.02. The molecule has 0 aromatic rings. The molecule has 1 aliphatic carbocycles. The van der Waals surface area contributed by atoms with Gasteiger partial charge in [0, 0.05) is 17.5 Å². The normalized spacial score (nSPS) is 28.0. The van der Waals surface area contributed by atoms with Crippen molar-refractivity contribution in [3.63, 3.8) is 0 Å². The van der Waals surface area contributed by atoms with Gasteiger partial charge in [-0.15, -0.1) is 0 Å². The number of amides is 1. The van der Waals surface area contributed by atoms with Gasteiger partial charge < -0.3 is 11.1 Å². The lowest BCUT2D eigenvalue weighted by atomic mass is 9.84. The fraction of sp³-hybridized carbons (Fsp3) is 0.900. The Kier molecular flexibility index (Phi) is 2.96. The zero-order valence-electron chi connectivity index (χ0n) is 8.76. The Bertz CT molecular complexity index is 195. The summed E-state index contributed by atoms with van der Waals surface area (Å²) in [6.45, 7) is 5.98. The largest absolute Gasteiger partial charge is 0.353 e. The van der Waals surface area contributed by atoms with Crippen LogP contribution in [0.4, 0.5) is 0 Å². The van der Waals surface area contributed by atoms with Crippen molar-refractivity contribution >= 4 is 5.91 Å². The van der Waals surface area contributed by atoms with E-state index in [9.17, 15) is 4.79 Å². The standard InChI is InChI=1S/C10H20N2O/c1-4-10(2,3)9(13)12-8-5-7(11)6-8/h7-8H,4-6,11H2,1-3H3,(H,12,13). The minimum atomic E-state index is -0.236. The van der Waals surface area contributed by atoms with Crippen LogP contribution in [0.5, 0.6) is 0 Å². The number of carbonyl (C=O) groups is 1. The van der Waals surface area contributed by atoms with Crippen molar-refractivity contribution in [3.05, 3.63) is 0 Å². The van der Waals surface area contributed by atoms with Crippen molar-refractivity contribution in [1.29, 1.82) is 0 Å². The average Bonchev–Trinajstić information content (AvgIpc) is 2.01. The highest BCUT2D eigenvalue weighted by molar-refractivity contribution is 5.82. The van der Waals surface area contributed by atoms with Crippen LogP contribution < -0.4 is 11.1 Å². The van der Waals surface area contributed by atoms with E-state index < -0.39 is 0 Å². The van der Waals surface area contributed by atoms with Crippen LogP contribution >= 0.6 is 0 Å². The van der Waals surface area contributed by atoms with Gasteiger partial charge >= 0.3 is 0 Å². The summed E-state index contributed by atoms with van der Waals surface area (Å²) >= 11 is 0. The lowest BCUT2D eigenvalue weighted by Crippen LogP contribution is -2.53. The SMILES string of the molecule is CCC(C)(C)C(=O)NC1CC(N)C1. The third-order valence-electron chi connectivity index (χ3n) is 3.01. The van der Waals surface area contributed by atoms with Crippen molar-refractivity contribution in [2.24, 2.45) is 11.1 Å². The van der Waals surface area contributed by atoms with E-state index in [0.29, 0.717) is 12.1 Å². The Morgan fingerprint density at radius 1 is 1.54 bits per heavy atom. The molecule has 0 heterocycles. The number of rotatable bonds is 3. The monoisotopic (exact) mass is 184 g/mol. The molecular formula is C10H20N2O. The predicted molar refractivity (Wildman–Crippen MR) is 53.2 cm³/mol. The quantitative estimate of drug-likeness (QED) is 0.688. The fourth-order valence-electron chi connectivity index (χ4n) is 1.32. The second-order valence-electron chi connectivity index (χ2n) is 4.64. The minimum absolute atomic E-state index is 0.159. The molecule has 0 aliphatic heterocycles. The average molecular weight is 184 g/mol. The van der Waals surface area contributed by atoms with Crippen molar-refractivity contribution in [1.82, 2.24) is 5.32 Å². The number of nitrogens with two attached hydrogens (primary N) is 1. The van der Waals surface area contributed by atoms with E-state index in [-0.39, 0.29) is 11.3 Å². The van der Waals surface area contributed by atoms with E-state index in [2.05, 4.69) is 5.32 Å². The van der Waals surface area contributed by atoms with E-state index in [1.165, 1.54) is 0 Å². The van der Waals surface area contributed by atoms with Crippen LogP contribution in [-0.4, -0.2) is 18.0 Å². The molecule has 0 saturated heterocycles. The van der Waals surface area contributed by atoms with Gasteiger partial charge in [-0.05, 0) is 19.3 Å². The third kappa shape index (κ3) is 2.44. The van der Waals surface area contributed by atoms with Crippen LogP contribution in [0.25, 0.3) is 0 Å². The zero-order chi connectivity index (χ0) is 10.1. The Morgan fingerprint density at radius 3 is 2.46 bits per heavy atom. The van der Waals surface area contributed by atoms with E-state index >= 15 is 0 Å². The summed E-state index contributed by atoms with van der Waals surface area (Å²) in [5.74, 6) is 0.159.